The molecule has 0 bridgehead atoms. The third kappa shape index (κ3) is 4.97. The lowest BCUT2D eigenvalue weighted by Gasteiger charge is -2.30. The summed E-state index contributed by atoms with van der Waals surface area (Å²) in [5, 5.41) is 18.0. The fraction of sp³-hybridized carbons (Fsp3) is 0.261. The van der Waals surface area contributed by atoms with Crippen LogP contribution in [0.1, 0.15) is 29.3 Å². The number of nitrogens with zero attached hydrogens (tertiary/aromatic N) is 5. The van der Waals surface area contributed by atoms with Crippen molar-refractivity contribution < 1.29 is 8.42 Å². The molecule has 1 aliphatic rings. The van der Waals surface area contributed by atoms with Gasteiger partial charge >= 0.3 is 0 Å². The standard InChI is InChI=1S/C23H24N6O2S2/c30-33(31,20-9-5-2-6-10-20)29-15-11-19(12-16-29)22-25-26-23(32-22)24-21-13-14-28(27-21)17-18-7-3-1-4-8-18/h1-10,13-14,19H,11-12,15-17H2,(H,24,26,27). The van der Waals surface area contributed by atoms with Gasteiger partial charge in [-0.1, -0.05) is 59.9 Å². The van der Waals surface area contributed by atoms with Crippen LogP contribution < -0.4 is 5.32 Å². The van der Waals surface area contributed by atoms with Gasteiger partial charge in [0, 0.05) is 31.3 Å². The lowest BCUT2D eigenvalue weighted by atomic mass is 9.99. The quantitative estimate of drug-likeness (QED) is 0.428. The maximum absolute atomic E-state index is 12.8. The number of rotatable bonds is 7. The second-order valence-corrected chi connectivity index (χ2v) is 10.9. The predicted octanol–water partition coefficient (Wildman–Crippen LogP) is 4.09. The highest BCUT2D eigenvalue weighted by Gasteiger charge is 2.31. The van der Waals surface area contributed by atoms with Gasteiger partial charge < -0.3 is 5.32 Å². The van der Waals surface area contributed by atoms with Gasteiger partial charge in [-0.2, -0.15) is 9.40 Å². The van der Waals surface area contributed by atoms with Crippen LogP contribution in [0.4, 0.5) is 10.9 Å². The highest BCUT2D eigenvalue weighted by molar-refractivity contribution is 7.89. The number of nitrogens with one attached hydrogen (secondary N) is 1. The summed E-state index contributed by atoms with van der Waals surface area (Å²) in [4.78, 5) is 0.345. The molecule has 1 saturated heterocycles. The van der Waals surface area contributed by atoms with E-state index in [0.717, 1.165) is 23.7 Å². The largest absolute Gasteiger partial charge is 0.313 e. The second-order valence-electron chi connectivity index (χ2n) is 7.95. The first-order valence-electron chi connectivity index (χ1n) is 10.8. The zero-order valence-electron chi connectivity index (χ0n) is 17.9. The monoisotopic (exact) mass is 480 g/mol. The fourth-order valence-corrected chi connectivity index (χ4v) is 6.34. The van der Waals surface area contributed by atoms with Crippen LogP contribution in [0.25, 0.3) is 0 Å². The van der Waals surface area contributed by atoms with Gasteiger partial charge in [-0.25, -0.2) is 8.42 Å². The lowest BCUT2D eigenvalue weighted by Crippen LogP contribution is -2.37. The van der Waals surface area contributed by atoms with Crippen molar-refractivity contribution in [3.63, 3.8) is 0 Å². The number of hydrogen-bond acceptors (Lipinski definition) is 7. The van der Waals surface area contributed by atoms with E-state index in [-0.39, 0.29) is 5.92 Å². The third-order valence-corrected chi connectivity index (χ3v) is 8.60. The van der Waals surface area contributed by atoms with Crippen LogP contribution in [0.3, 0.4) is 0 Å². The van der Waals surface area contributed by atoms with Crippen LogP contribution in [0.5, 0.6) is 0 Å². The summed E-state index contributed by atoms with van der Waals surface area (Å²) in [6.07, 6.45) is 3.39. The number of sulfonamides is 1. The van der Waals surface area contributed by atoms with Gasteiger partial charge in [-0.3, -0.25) is 4.68 Å². The van der Waals surface area contributed by atoms with E-state index in [9.17, 15) is 8.42 Å². The highest BCUT2D eigenvalue weighted by atomic mass is 32.2. The molecule has 4 aromatic rings. The number of benzene rings is 2. The van der Waals surface area contributed by atoms with E-state index in [0.29, 0.717) is 29.7 Å². The van der Waals surface area contributed by atoms with Gasteiger partial charge in [-0.15, -0.1) is 10.2 Å². The molecule has 1 fully saturated rings. The topological polar surface area (TPSA) is 93.0 Å². The molecule has 0 saturated carbocycles. The minimum Gasteiger partial charge on any atom is -0.313 e. The van der Waals surface area contributed by atoms with Crippen molar-refractivity contribution in [3.05, 3.63) is 83.5 Å². The van der Waals surface area contributed by atoms with Crippen LogP contribution >= 0.6 is 11.3 Å². The van der Waals surface area contributed by atoms with E-state index in [1.54, 1.807) is 28.6 Å². The van der Waals surface area contributed by atoms with Gasteiger partial charge in [0.05, 0.1) is 11.4 Å². The van der Waals surface area contributed by atoms with Crippen LogP contribution in [0, 0.1) is 0 Å². The van der Waals surface area contributed by atoms with Crippen LogP contribution in [-0.4, -0.2) is 45.8 Å². The zero-order valence-corrected chi connectivity index (χ0v) is 19.5. The molecule has 0 radical (unpaired) electrons. The van der Waals surface area contributed by atoms with Crippen molar-refractivity contribution in [3.8, 4) is 0 Å². The van der Waals surface area contributed by atoms with E-state index in [1.165, 1.54) is 16.9 Å². The molecule has 0 unspecified atom stereocenters. The maximum atomic E-state index is 12.8. The Morgan fingerprint density at radius 3 is 2.36 bits per heavy atom. The molecule has 0 aliphatic carbocycles. The Bertz CT molecular complexity index is 1300. The molecular weight excluding hydrogens is 456 g/mol. The van der Waals surface area contributed by atoms with Crippen molar-refractivity contribution >= 4 is 32.3 Å². The molecule has 1 N–H and O–H groups in total. The number of hydrogen-bond donors (Lipinski definition) is 1. The average molecular weight is 481 g/mol. The molecule has 8 nitrogen and oxygen atoms in total. The minimum atomic E-state index is -3.45. The third-order valence-electron chi connectivity index (χ3n) is 5.69. The first kappa shape index (κ1) is 21.7. The molecule has 5 rings (SSSR count). The Hall–Kier alpha value is -3.08. The smallest absolute Gasteiger partial charge is 0.243 e. The average Bonchev–Trinajstić information content (AvgIpc) is 3.50. The van der Waals surface area contributed by atoms with E-state index in [2.05, 4.69) is 32.7 Å². The molecule has 0 spiro atoms. The summed E-state index contributed by atoms with van der Waals surface area (Å²) in [6.45, 7) is 1.66. The highest BCUT2D eigenvalue weighted by Crippen LogP contribution is 2.34. The van der Waals surface area contributed by atoms with Gasteiger partial charge in [0.15, 0.2) is 5.82 Å². The first-order valence-corrected chi connectivity index (χ1v) is 13.1. The Morgan fingerprint density at radius 2 is 1.64 bits per heavy atom. The molecule has 1 aliphatic heterocycles. The number of piperidine rings is 1. The van der Waals surface area contributed by atoms with E-state index in [1.807, 2.05) is 41.2 Å². The Morgan fingerprint density at radius 1 is 0.939 bits per heavy atom. The molecule has 2 aromatic heterocycles. The van der Waals surface area contributed by atoms with Gasteiger partial charge in [0.1, 0.15) is 5.01 Å². The SMILES string of the molecule is O=S(=O)(c1ccccc1)N1CCC(c2nnc(Nc3ccn(Cc4ccccc4)n3)s2)CC1. The van der Waals surface area contributed by atoms with Crippen molar-refractivity contribution in [2.75, 3.05) is 18.4 Å². The Labute approximate surface area is 197 Å². The molecule has 0 atom stereocenters. The van der Waals surface area contributed by atoms with Crippen LogP contribution in [0.15, 0.2) is 77.8 Å². The zero-order chi connectivity index (χ0) is 22.7. The lowest BCUT2D eigenvalue weighted by molar-refractivity contribution is 0.318. The summed E-state index contributed by atoms with van der Waals surface area (Å²) in [5.41, 5.74) is 1.19. The van der Waals surface area contributed by atoms with Gasteiger partial charge in [-0.05, 0) is 30.5 Å². The summed E-state index contributed by atoms with van der Waals surface area (Å²) < 4.78 is 29.1. The second kappa shape index (κ2) is 9.42. The fourth-order valence-electron chi connectivity index (χ4n) is 3.93. The maximum Gasteiger partial charge on any atom is 0.243 e. The molecule has 3 heterocycles. The van der Waals surface area contributed by atoms with Gasteiger partial charge in [0.2, 0.25) is 15.2 Å². The predicted molar refractivity (Wildman–Crippen MR) is 128 cm³/mol. The van der Waals surface area contributed by atoms with E-state index >= 15 is 0 Å². The van der Waals surface area contributed by atoms with Crippen molar-refractivity contribution in [1.82, 2.24) is 24.3 Å². The van der Waals surface area contributed by atoms with Gasteiger partial charge in [0.25, 0.3) is 0 Å². The normalized spacial score (nSPS) is 15.5. The van der Waals surface area contributed by atoms with E-state index in [4.69, 9.17) is 0 Å². The summed E-state index contributed by atoms with van der Waals surface area (Å²) in [6, 6.07) is 20.7. The minimum absolute atomic E-state index is 0.205. The van der Waals surface area contributed by atoms with Crippen molar-refractivity contribution in [1.29, 1.82) is 0 Å². The molecule has 33 heavy (non-hydrogen) atoms. The summed E-state index contributed by atoms with van der Waals surface area (Å²) in [7, 11) is -3.45. The number of anilines is 2. The molecule has 0 amide bonds. The van der Waals surface area contributed by atoms with Crippen LogP contribution in [0.2, 0.25) is 0 Å². The van der Waals surface area contributed by atoms with E-state index < -0.39 is 10.0 Å². The Kier molecular flexibility index (Phi) is 6.21. The molecular formula is C23H24N6O2S2. The Balaban J connectivity index is 1.18. The number of aromatic nitrogens is 4. The summed E-state index contributed by atoms with van der Waals surface area (Å²) >= 11 is 1.50. The summed E-state index contributed by atoms with van der Waals surface area (Å²) in [5.74, 6) is 0.924. The van der Waals surface area contributed by atoms with Crippen LogP contribution in [-0.2, 0) is 16.6 Å². The van der Waals surface area contributed by atoms with Crippen molar-refractivity contribution in [2.45, 2.75) is 30.2 Å². The first-order chi connectivity index (χ1) is 16.1. The molecule has 10 heteroatoms. The molecule has 170 valence electrons. The van der Waals surface area contributed by atoms with Crippen molar-refractivity contribution in [2.24, 2.45) is 0 Å². The molecule has 2 aromatic carbocycles.